The molecule has 1 aromatic carbocycles. The highest BCUT2D eigenvalue weighted by molar-refractivity contribution is 7.09. The van der Waals surface area contributed by atoms with Crippen molar-refractivity contribution in [3.63, 3.8) is 0 Å². The smallest absolute Gasteiger partial charge is 0.304 e. The van der Waals surface area contributed by atoms with Crippen LogP contribution in [-0.2, 0) is 11.2 Å². The largest absolute Gasteiger partial charge is 0.481 e. The number of nitrogens with one attached hydrogen (secondary N) is 1. The van der Waals surface area contributed by atoms with Crippen LogP contribution >= 0.6 is 22.9 Å². The molecule has 0 fully saturated rings. The number of rotatable bonds is 7. The van der Waals surface area contributed by atoms with Gasteiger partial charge in [-0.3, -0.25) is 4.79 Å². The van der Waals surface area contributed by atoms with Gasteiger partial charge in [0.15, 0.2) is 0 Å². The second kappa shape index (κ2) is 7.38. The second-order valence-electron chi connectivity index (χ2n) is 4.28. The topological polar surface area (TPSA) is 62.2 Å². The van der Waals surface area contributed by atoms with Crippen LogP contribution in [0, 0.1) is 0 Å². The van der Waals surface area contributed by atoms with E-state index in [0.717, 1.165) is 29.2 Å². The number of hydrogen-bond donors (Lipinski definition) is 2. The van der Waals surface area contributed by atoms with E-state index in [1.54, 1.807) is 11.3 Å². The van der Waals surface area contributed by atoms with Crippen molar-refractivity contribution < 1.29 is 9.90 Å². The highest BCUT2D eigenvalue weighted by atomic mass is 35.5. The molecule has 2 rings (SSSR count). The minimum atomic E-state index is -0.781. The molecule has 0 aliphatic carbocycles. The fourth-order valence-corrected chi connectivity index (χ4v) is 2.63. The second-order valence-corrected chi connectivity index (χ2v) is 5.66. The van der Waals surface area contributed by atoms with Gasteiger partial charge in [-0.05, 0) is 12.1 Å². The van der Waals surface area contributed by atoms with Crippen LogP contribution in [0.3, 0.4) is 0 Å². The van der Waals surface area contributed by atoms with Crippen LogP contribution in [0.25, 0.3) is 11.3 Å². The summed E-state index contributed by atoms with van der Waals surface area (Å²) in [4.78, 5) is 14.9. The number of benzene rings is 1. The zero-order valence-corrected chi connectivity index (χ0v) is 12.4. The van der Waals surface area contributed by atoms with Crippen LogP contribution < -0.4 is 5.32 Å². The number of halogens is 1. The Balaban J connectivity index is 1.83. The number of carboxylic acids is 1. The lowest BCUT2D eigenvalue weighted by molar-refractivity contribution is -0.136. The van der Waals surface area contributed by atoms with E-state index in [4.69, 9.17) is 16.7 Å². The minimum absolute atomic E-state index is 0.147. The van der Waals surface area contributed by atoms with Crippen LogP contribution in [0.1, 0.15) is 11.4 Å². The molecule has 1 aromatic heterocycles. The average Bonchev–Trinajstić information content (AvgIpc) is 2.87. The van der Waals surface area contributed by atoms with Crippen molar-refractivity contribution in [1.82, 2.24) is 10.3 Å². The molecule has 0 aliphatic heterocycles. The van der Waals surface area contributed by atoms with Crippen LogP contribution in [0.4, 0.5) is 0 Å². The van der Waals surface area contributed by atoms with Gasteiger partial charge < -0.3 is 10.4 Å². The number of aromatic nitrogens is 1. The highest BCUT2D eigenvalue weighted by Gasteiger charge is 2.04. The number of thiazole rings is 1. The van der Waals surface area contributed by atoms with Gasteiger partial charge in [0.25, 0.3) is 0 Å². The van der Waals surface area contributed by atoms with Gasteiger partial charge in [-0.1, -0.05) is 23.7 Å². The lowest BCUT2D eigenvalue weighted by Crippen LogP contribution is -2.20. The van der Waals surface area contributed by atoms with Gasteiger partial charge in [0, 0.05) is 35.5 Å². The Morgan fingerprint density at radius 2 is 2.05 bits per heavy atom. The number of aliphatic carboxylic acids is 1. The van der Waals surface area contributed by atoms with E-state index in [1.807, 2.05) is 29.6 Å². The third-order valence-corrected chi connectivity index (χ3v) is 3.88. The van der Waals surface area contributed by atoms with Gasteiger partial charge in [-0.25, -0.2) is 4.98 Å². The Hall–Kier alpha value is -1.43. The predicted octanol–water partition coefficient (Wildman–Crippen LogP) is 3.07. The number of carboxylic acid groups (broad SMARTS) is 1. The van der Waals surface area contributed by atoms with Crippen molar-refractivity contribution in [1.29, 1.82) is 0 Å². The zero-order valence-electron chi connectivity index (χ0n) is 10.8. The van der Waals surface area contributed by atoms with Gasteiger partial charge in [0.1, 0.15) is 0 Å². The Morgan fingerprint density at radius 3 is 2.75 bits per heavy atom. The quantitative estimate of drug-likeness (QED) is 0.772. The molecule has 1 heterocycles. The Kier molecular flexibility index (Phi) is 5.52. The predicted molar refractivity (Wildman–Crippen MR) is 81.4 cm³/mol. The summed E-state index contributed by atoms with van der Waals surface area (Å²) in [6.07, 6.45) is 0.950. The summed E-state index contributed by atoms with van der Waals surface area (Å²) in [6.45, 7) is 1.23. The lowest BCUT2D eigenvalue weighted by Gasteiger charge is -2.00. The van der Waals surface area contributed by atoms with Crippen LogP contribution in [-0.4, -0.2) is 29.1 Å². The molecule has 6 heteroatoms. The van der Waals surface area contributed by atoms with Gasteiger partial charge in [-0.15, -0.1) is 11.3 Å². The molecule has 0 unspecified atom stereocenters. The summed E-state index contributed by atoms with van der Waals surface area (Å²) in [6, 6.07) is 7.60. The van der Waals surface area contributed by atoms with Crippen LogP contribution in [0.2, 0.25) is 5.02 Å². The average molecular weight is 311 g/mol. The van der Waals surface area contributed by atoms with E-state index < -0.39 is 5.97 Å². The van der Waals surface area contributed by atoms with E-state index in [-0.39, 0.29) is 6.42 Å². The fraction of sp³-hybridized carbons (Fsp3) is 0.286. The molecule has 2 aromatic rings. The Bertz CT molecular complexity index is 569. The van der Waals surface area contributed by atoms with E-state index >= 15 is 0 Å². The lowest BCUT2D eigenvalue weighted by atomic mass is 10.2. The third-order valence-electron chi connectivity index (χ3n) is 2.72. The Labute approximate surface area is 126 Å². The first-order chi connectivity index (χ1) is 9.65. The molecule has 0 bridgehead atoms. The normalized spacial score (nSPS) is 10.7. The first kappa shape index (κ1) is 15.0. The number of hydrogen-bond acceptors (Lipinski definition) is 4. The molecule has 0 amide bonds. The summed E-state index contributed by atoms with van der Waals surface area (Å²) in [5.74, 6) is -0.781. The molecule has 0 atom stereocenters. The van der Waals surface area contributed by atoms with Gasteiger partial charge in [-0.2, -0.15) is 0 Å². The highest BCUT2D eigenvalue weighted by Crippen LogP contribution is 2.23. The summed E-state index contributed by atoms with van der Waals surface area (Å²) in [5, 5.41) is 15.4. The number of carbonyl (C=O) groups is 1. The first-order valence-electron chi connectivity index (χ1n) is 6.28. The molecule has 0 spiro atoms. The maximum Gasteiger partial charge on any atom is 0.304 e. The molecular formula is C14H15ClN2O2S. The van der Waals surface area contributed by atoms with E-state index in [1.165, 1.54) is 0 Å². The van der Waals surface area contributed by atoms with E-state index in [0.29, 0.717) is 11.6 Å². The maximum atomic E-state index is 10.4. The van der Waals surface area contributed by atoms with Crippen molar-refractivity contribution >= 4 is 28.9 Å². The SMILES string of the molecule is O=C(O)CCNCCc1nc(-c2ccc(Cl)cc2)cs1. The molecule has 0 saturated heterocycles. The Morgan fingerprint density at radius 1 is 1.30 bits per heavy atom. The van der Waals surface area contributed by atoms with Crippen molar-refractivity contribution in [2.24, 2.45) is 0 Å². The van der Waals surface area contributed by atoms with Gasteiger partial charge in [0.2, 0.25) is 0 Å². The van der Waals surface area contributed by atoms with E-state index in [9.17, 15) is 4.79 Å². The van der Waals surface area contributed by atoms with Crippen molar-refractivity contribution in [2.45, 2.75) is 12.8 Å². The summed E-state index contributed by atoms with van der Waals surface area (Å²) in [7, 11) is 0. The molecule has 0 radical (unpaired) electrons. The fourth-order valence-electron chi connectivity index (χ4n) is 1.69. The van der Waals surface area contributed by atoms with Crippen LogP contribution in [0.5, 0.6) is 0 Å². The standard InChI is InChI=1S/C14H15ClN2O2S/c15-11-3-1-10(2-4-11)12-9-20-13(17-12)5-7-16-8-6-14(18)19/h1-4,9,16H,5-8H2,(H,18,19). The zero-order chi connectivity index (χ0) is 14.4. The molecule has 106 valence electrons. The molecule has 4 nitrogen and oxygen atoms in total. The summed E-state index contributed by atoms with van der Waals surface area (Å²) in [5.41, 5.74) is 2.00. The molecule has 2 N–H and O–H groups in total. The maximum absolute atomic E-state index is 10.4. The minimum Gasteiger partial charge on any atom is -0.481 e. The third kappa shape index (κ3) is 4.59. The first-order valence-corrected chi connectivity index (χ1v) is 7.54. The molecule has 0 aliphatic rings. The van der Waals surface area contributed by atoms with Crippen LogP contribution in [0.15, 0.2) is 29.6 Å². The van der Waals surface area contributed by atoms with Gasteiger partial charge >= 0.3 is 5.97 Å². The van der Waals surface area contributed by atoms with Gasteiger partial charge in [0.05, 0.1) is 17.1 Å². The molecular weight excluding hydrogens is 296 g/mol. The number of nitrogens with zero attached hydrogens (tertiary/aromatic N) is 1. The monoisotopic (exact) mass is 310 g/mol. The summed E-state index contributed by atoms with van der Waals surface area (Å²) >= 11 is 7.47. The van der Waals surface area contributed by atoms with Crippen molar-refractivity contribution in [2.75, 3.05) is 13.1 Å². The van der Waals surface area contributed by atoms with E-state index in [2.05, 4.69) is 10.3 Å². The molecule has 0 saturated carbocycles. The van der Waals surface area contributed by atoms with Crippen molar-refractivity contribution in [3.8, 4) is 11.3 Å². The molecule has 20 heavy (non-hydrogen) atoms. The van der Waals surface area contributed by atoms with Crippen molar-refractivity contribution in [3.05, 3.63) is 39.7 Å². The summed E-state index contributed by atoms with van der Waals surface area (Å²) < 4.78 is 0.